The number of esters is 1. The van der Waals surface area contributed by atoms with Gasteiger partial charge in [0, 0.05) is 13.1 Å². The summed E-state index contributed by atoms with van der Waals surface area (Å²) in [5, 5.41) is 3.25. The molecule has 20 heavy (non-hydrogen) atoms. The van der Waals surface area contributed by atoms with Gasteiger partial charge in [-0.2, -0.15) is 0 Å². The predicted molar refractivity (Wildman–Crippen MR) is 73.3 cm³/mol. The van der Waals surface area contributed by atoms with Crippen LogP contribution in [-0.4, -0.2) is 55.3 Å². The molecule has 0 spiro atoms. The number of carbonyl (C=O) groups is 2. The molecule has 2 atom stereocenters. The van der Waals surface area contributed by atoms with E-state index in [1.54, 1.807) is 4.90 Å². The Morgan fingerprint density at radius 2 is 2.00 bits per heavy atom. The quantitative estimate of drug-likeness (QED) is 0.732. The van der Waals surface area contributed by atoms with Crippen LogP contribution in [0.15, 0.2) is 0 Å². The van der Waals surface area contributed by atoms with Crippen molar-refractivity contribution in [2.24, 2.45) is 5.41 Å². The van der Waals surface area contributed by atoms with Gasteiger partial charge in [0.1, 0.15) is 5.60 Å². The first-order valence-corrected chi connectivity index (χ1v) is 7.09. The highest BCUT2D eigenvalue weighted by Gasteiger charge is 2.56. The maximum absolute atomic E-state index is 12.3. The minimum Gasteiger partial charge on any atom is -0.469 e. The van der Waals surface area contributed by atoms with Gasteiger partial charge in [-0.05, 0) is 40.2 Å². The summed E-state index contributed by atoms with van der Waals surface area (Å²) in [7, 11) is 1.41. The third-order valence-corrected chi connectivity index (χ3v) is 4.12. The lowest BCUT2D eigenvalue weighted by atomic mass is 9.75. The summed E-state index contributed by atoms with van der Waals surface area (Å²) in [6.45, 7) is 7.44. The van der Waals surface area contributed by atoms with Crippen LogP contribution in [0.5, 0.6) is 0 Å². The lowest BCUT2D eigenvalue weighted by Crippen LogP contribution is -2.57. The van der Waals surface area contributed by atoms with Gasteiger partial charge < -0.3 is 19.7 Å². The second-order valence-corrected chi connectivity index (χ2v) is 6.54. The fourth-order valence-corrected chi connectivity index (χ4v) is 3.17. The van der Waals surface area contributed by atoms with Gasteiger partial charge in [0.2, 0.25) is 0 Å². The molecule has 2 rings (SSSR count). The van der Waals surface area contributed by atoms with Crippen LogP contribution in [0.1, 0.15) is 33.6 Å². The van der Waals surface area contributed by atoms with E-state index in [0.29, 0.717) is 25.9 Å². The average Bonchev–Trinajstić information content (AvgIpc) is 2.76. The SMILES string of the molecule is COC(=O)[C@]12CCNC[C@@H]1N(C(=O)OC(C)(C)C)CC2. The van der Waals surface area contributed by atoms with Crippen LogP contribution in [0.25, 0.3) is 0 Å². The van der Waals surface area contributed by atoms with E-state index < -0.39 is 11.0 Å². The van der Waals surface area contributed by atoms with E-state index >= 15 is 0 Å². The van der Waals surface area contributed by atoms with Gasteiger partial charge in [0.25, 0.3) is 0 Å². The Kier molecular flexibility index (Phi) is 3.95. The molecule has 0 aromatic carbocycles. The summed E-state index contributed by atoms with van der Waals surface area (Å²) in [4.78, 5) is 26.2. The van der Waals surface area contributed by atoms with Gasteiger partial charge >= 0.3 is 12.1 Å². The summed E-state index contributed by atoms with van der Waals surface area (Å²) in [6, 6.07) is -0.182. The highest BCUT2D eigenvalue weighted by atomic mass is 16.6. The van der Waals surface area contributed by atoms with Crippen molar-refractivity contribution in [2.75, 3.05) is 26.7 Å². The zero-order chi connectivity index (χ0) is 15.0. The van der Waals surface area contributed by atoms with E-state index in [-0.39, 0.29) is 18.1 Å². The molecule has 0 radical (unpaired) electrons. The Labute approximate surface area is 119 Å². The average molecular weight is 284 g/mol. The molecule has 2 heterocycles. The van der Waals surface area contributed by atoms with Crippen molar-refractivity contribution in [3.05, 3.63) is 0 Å². The van der Waals surface area contributed by atoms with E-state index in [2.05, 4.69) is 5.32 Å². The number of piperidine rings is 1. The van der Waals surface area contributed by atoms with Gasteiger partial charge in [-0.15, -0.1) is 0 Å². The first-order valence-electron chi connectivity index (χ1n) is 7.09. The lowest BCUT2D eigenvalue weighted by Gasteiger charge is -2.39. The van der Waals surface area contributed by atoms with Crippen LogP contribution in [0.2, 0.25) is 0 Å². The van der Waals surface area contributed by atoms with E-state index in [9.17, 15) is 9.59 Å². The number of likely N-dealkylation sites (tertiary alicyclic amines) is 1. The Hall–Kier alpha value is -1.30. The number of carbonyl (C=O) groups excluding carboxylic acids is 2. The minimum atomic E-state index is -0.573. The topological polar surface area (TPSA) is 67.9 Å². The third kappa shape index (κ3) is 2.61. The predicted octanol–water partition coefficient (Wildman–Crippen LogP) is 1.15. The molecule has 0 saturated carbocycles. The maximum atomic E-state index is 12.3. The number of ether oxygens (including phenoxy) is 2. The molecule has 2 saturated heterocycles. The molecule has 1 N–H and O–H groups in total. The number of nitrogens with zero attached hydrogens (tertiary/aromatic N) is 1. The highest BCUT2D eigenvalue weighted by Crippen LogP contribution is 2.43. The van der Waals surface area contributed by atoms with Crippen LogP contribution in [0.4, 0.5) is 4.79 Å². The standard InChI is InChI=1S/C14H24N2O4/c1-13(2,3)20-12(18)16-8-6-14(11(17)19-4)5-7-15-9-10(14)16/h10,15H,5-9H2,1-4H3/t10-,14-/m0/s1. The molecule has 2 aliphatic rings. The molecule has 0 bridgehead atoms. The van der Waals surface area contributed by atoms with Gasteiger partial charge in [-0.1, -0.05) is 0 Å². The first kappa shape index (κ1) is 15.1. The summed E-state index contributed by atoms with van der Waals surface area (Å²) in [5.41, 5.74) is -1.10. The number of fused-ring (bicyclic) bond motifs is 1. The molecule has 2 aliphatic heterocycles. The molecule has 0 aromatic rings. The number of amides is 1. The number of hydrogen-bond acceptors (Lipinski definition) is 5. The van der Waals surface area contributed by atoms with Crippen molar-refractivity contribution in [3.8, 4) is 0 Å². The molecule has 1 amide bonds. The Morgan fingerprint density at radius 1 is 1.30 bits per heavy atom. The van der Waals surface area contributed by atoms with Gasteiger partial charge in [-0.3, -0.25) is 4.79 Å². The van der Waals surface area contributed by atoms with Crippen LogP contribution in [-0.2, 0) is 14.3 Å². The molecule has 2 fully saturated rings. The summed E-state index contributed by atoms with van der Waals surface area (Å²) < 4.78 is 10.4. The van der Waals surface area contributed by atoms with Crippen LogP contribution < -0.4 is 5.32 Å². The number of methoxy groups -OCH3 is 1. The summed E-state index contributed by atoms with van der Waals surface area (Å²) in [6.07, 6.45) is 0.992. The molecule has 0 unspecified atom stereocenters. The molecular formula is C14H24N2O4. The molecular weight excluding hydrogens is 260 g/mol. The second kappa shape index (κ2) is 5.24. The Morgan fingerprint density at radius 3 is 2.60 bits per heavy atom. The van der Waals surface area contributed by atoms with Crippen molar-refractivity contribution < 1.29 is 19.1 Å². The van der Waals surface area contributed by atoms with Crippen LogP contribution >= 0.6 is 0 Å². The zero-order valence-corrected chi connectivity index (χ0v) is 12.7. The lowest BCUT2D eigenvalue weighted by molar-refractivity contribution is -0.155. The molecule has 0 aliphatic carbocycles. The largest absolute Gasteiger partial charge is 0.469 e. The molecule has 6 nitrogen and oxygen atoms in total. The molecule has 114 valence electrons. The van der Waals surface area contributed by atoms with Crippen molar-refractivity contribution >= 4 is 12.1 Å². The number of rotatable bonds is 1. The number of nitrogens with one attached hydrogen (secondary N) is 1. The van der Waals surface area contributed by atoms with Crippen LogP contribution in [0, 0.1) is 5.41 Å². The highest BCUT2D eigenvalue weighted by molar-refractivity contribution is 5.81. The minimum absolute atomic E-state index is 0.182. The summed E-state index contributed by atoms with van der Waals surface area (Å²) >= 11 is 0. The van der Waals surface area contributed by atoms with Crippen molar-refractivity contribution in [2.45, 2.75) is 45.3 Å². The fourth-order valence-electron chi connectivity index (χ4n) is 3.17. The van der Waals surface area contributed by atoms with Gasteiger partial charge in [0.05, 0.1) is 18.6 Å². The van der Waals surface area contributed by atoms with E-state index in [0.717, 1.165) is 6.54 Å². The van der Waals surface area contributed by atoms with E-state index in [1.807, 2.05) is 20.8 Å². The molecule has 0 aromatic heterocycles. The van der Waals surface area contributed by atoms with E-state index in [1.165, 1.54) is 7.11 Å². The monoisotopic (exact) mass is 284 g/mol. The maximum Gasteiger partial charge on any atom is 0.410 e. The smallest absolute Gasteiger partial charge is 0.410 e. The third-order valence-electron chi connectivity index (χ3n) is 4.12. The van der Waals surface area contributed by atoms with Crippen molar-refractivity contribution in [1.82, 2.24) is 10.2 Å². The summed E-state index contributed by atoms with van der Waals surface area (Å²) in [5.74, 6) is -0.213. The van der Waals surface area contributed by atoms with Gasteiger partial charge in [-0.25, -0.2) is 4.79 Å². The van der Waals surface area contributed by atoms with Gasteiger partial charge in [0.15, 0.2) is 0 Å². The van der Waals surface area contributed by atoms with E-state index in [4.69, 9.17) is 9.47 Å². The van der Waals surface area contributed by atoms with Crippen molar-refractivity contribution in [3.63, 3.8) is 0 Å². The second-order valence-electron chi connectivity index (χ2n) is 6.54. The fraction of sp³-hybridized carbons (Fsp3) is 0.857. The number of hydrogen-bond donors (Lipinski definition) is 1. The molecule has 6 heteroatoms. The first-order chi connectivity index (χ1) is 9.30. The Balaban J connectivity index is 2.18. The van der Waals surface area contributed by atoms with Crippen molar-refractivity contribution in [1.29, 1.82) is 0 Å². The van der Waals surface area contributed by atoms with Crippen LogP contribution in [0.3, 0.4) is 0 Å². The zero-order valence-electron chi connectivity index (χ0n) is 12.7. The Bertz CT molecular complexity index is 404. The normalized spacial score (nSPS) is 29.8.